The summed E-state index contributed by atoms with van der Waals surface area (Å²) in [4.78, 5) is 15.6. The Kier molecular flexibility index (Phi) is 3.26. The molecule has 0 fully saturated rings. The fourth-order valence-electron chi connectivity index (χ4n) is 1.13. The molecular weight excluding hydrogens is 295 g/mol. The van der Waals surface area contributed by atoms with E-state index in [1.165, 1.54) is 12.5 Å². The molecule has 0 aliphatic rings. The molecule has 6 heteroatoms. The van der Waals surface area contributed by atoms with Crippen LogP contribution >= 0.6 is 27.5 Å². The molecule has 82 valence electrons. The summed E-state index contributed by atoms with van der Waals surface area (Å²) in [5, 5.41) is 3.00. The predicted molar refractivity (Wildman–Crippen MR) is 63.6 cm³/mol. The van der Waals surface area contributed by atoms with Crippen LogP contribution in [0.4, 0.5) is 5.69 Å². The SMILES string of the molecule is O=C(Nc1ccnc(Cl)c1)c1ccoc1Br. The van der Waals surface area contributed by atoms with Crippen LogP contribution in [0.25, 0.3) is 0 Å². The van der Waals surface area contributed by atoms with E-state index in [4.69, 9.17) is 16.0 Å². The molecule has 0 bridgehead atoms. The van der Waals surface area contributed by atoms with Gasteiger partial charge in [-0.15, -0.1) is 0 Å². The number of amides is 1. The van der Waals surface area contributed by atoms with E-state index in [0.29, 0.717) is 21.1 Å². The van der Waals surface area contributed by atoms with E-state index in [9.17, 15) is 4.79 Å². The Morgan fingerprint density at radius 3 is 2.94 bits per heavy atom. The third kappa shape index (κ3) is 2.43. The zero-order chi connectivity index (χ0) is 11.5. The van der Waals surface area contributed by atoms with Crippen LogP contribution in [0.1, 0.15) is 10.4 Å². The molecule has 2 aromatic heterocycles. The summed E-state index contributed by atoms with van der Waals surface area (Å²) in [5.74, 6) is -0.275. The van der Waals surface area contributed by atoms with Crippen LogP contribution < -0.4 is 5.32 Å². The second kappa shape index (κ2) is 4.67. The first-order valence-corrected chi connectivity index (χ1v) is 5.50. The molecule has 0 atom stereocenters. The number of nitrogens with zero attached hydrogens (tertiary/aromatic N) is 1. The first kappa shape index (κ1) is 11.2. The van der Waals surface area contributed by atoms with Crippen molar-refractivity contribution in [1.82, 2.24) is 4.98 Å². The van der Waals surface area contributed by atoms with E-state index >= 15 is 0 Å². The topological polar surface area (TPSA) is 55.1 Å². The lowest BCUT2D eigenvalue weighted by Gasteiger charge is -2.03. The Labute approximate surface area is 105 Å². The van der Waals surface area contributed by atoms with Crippen LogP contribution in [0, 0.1) is 0 Å². The summed E-state index contributed by atoms with van der Waals surface area (Å²) >= 11 is 8.82. The van der Waals surface area contributed by atoms with Crippen molar-refractivity contribution >= 4 is 39.1 Å². The molecule has 2 heterocycles. The minimum atomic E-state index is -0.275. The Morgan fingerprint density at radius 1 is 1.50 bits per heavy atom. The lowest BCUT2D eigenvalue weighted by Crippen LogP contribution is -2.11. The molecule has 2 rings (SSSR count). The Morgan fingerprint density at radius 2 is 2.31 bits per heavy atom. The zero-order valence-corrected chi connectivity index (χ0v) is 10.2. The van der Waals surface area contributed by atoms with Gasteiger partial charge < -0.3 is 9.73 Å². The maximum absolute atomic E-state index is 11.7. The molecule has 16 heavy (non-hydrogen) atoms. The van der Waals surface area contributed by atoms with E-state index in [2.05, 4.69) is 26.2 Å². The Balaban J connectivity index is 2.17. The number of aromatic nitrogens is 1. The normalized spacial score (nSPS) is 10.1. The number of carbonyl (C=O) groups is 1. The third-order valence-corrected chi connectivity index (χ3v) is 2.67. The number of furan rings is 1. The number of hydrogen-bond donors (Lipinski definition) is 1. The number of nitrogens with one attached hydrogen (secondary N) is 1. The van der Waals surface area contributed by atoms with E-state index in [0.717, 1.165) is 0 Å². The minimum absolute atomic E-state index is 0.275. The van der Waals surface area contributed by atoms with E-state index < -0.39 is 0 Å². The summed E-state index contributed by atoms with van der Waals surface area (Å²) in [5.41, 5.74) is 1.01. The van der Waals surface area contributed by atoms with Crippen molar-refractivity contribution in [3.05, 3.63) is 46.0 Å². The minimum Gasteiger partial charge on any atom is -0.457 e. The molecule has 0 aliphatic carbocycles. The van der Waals surface area contributed by atoms with Gasteiger partial charge in [-0.1, -0.05) is 11.6 Å². The fourth-order valence-corrected chi connectivity index (χ4v) is 1.73. The monoisotopic (exact) mass is 300 g/mol. The predicted octanol–water partition coefficient (Wildman–Crippen LogP) is 3.34. The molecule has 0 aromatic carbocycles. The van der Waals surface area contributed by atoms with Gasteiger partial charge in [-0.3, -0.25) is 4.79 Å². The van der Waals surface area contributed by atoms with Crippen molar-refractivity contribution in [3.63, 3.8) is 0 Å². The fraction of sp³-hybridized carbons (Fsp3) is 0. The second-order valence-electron chi connectivity index (χ2n) is 2.93. The van der Waals surface area contributed by atoms with Crippen molar-refractivity contribution in [1.29, 1.82) is 0 Å². The van der Waals surface area contributed by atoms with Gasteiger partial charge in [0.05, 0.1) is 11.8 Å². The molecular formula is C10H6BrClN2O2. The molecule has 0 spiro atoms. The van der Waals surface area contributed by atoms with Gasteiger partial charge >= 0.3 is 0 Å². The highest BCUT2D eigenvalue weighted by Crippen LogP contribution is 2.19. The molecule has 4 nitrogen and oxygen atoms in total. The summed E-state index contributed by atoms with van der Waals surface area (Å²) in [6.45, 7) is 0. The average molecular weight is 302 g/mol. The molecule has 0 aliphatic heterocycles. The Hall–Kier alpha value is -1.33. The number of pyridine rings is 1. The highest BCUT2D eigenvalue weighted by Gasteiger charge is 2.12. The number of carbonyl (C=O) groups excluding carboxylic acids is 1. The summed E-state index contributed by atoms with van der Waals surface area (Å²) in [6, 6.07) is 4.79. The van der Waals surface area contributed by atoms with Gasteiger partial charge in [0.2, 0.25) is 0 Å². The van der Waals surface area contributed by atoms with Crippen LogP contribution in [-0.4, -0.2) is 10.9 Å². The average Bonchev–Trinajstić information content (AvgIpc) is 2.64. The van der Waals surface area contributed by atoms with E-state index in [1.54, 1.807) is 18.2 Å². The standard InChI is InChI=1S/C10H6BrClN2O2/c11-9-7(2-4-16-9)10(15)14-6-1-3-13-8(12)5-6/h1-5H,(H,13,14,15). The van der Waals surface area contributed by atoms with Crippen LogP contribution in [0.5, 0.6) is 0 Å². The van der Waals surface area contributed by atoms with Crippen LogP contribution in [0.3, 0.4) is 0 Å². The third-order valence-electron chi connectivity index (χ3n) is 1.85. The zero-order valence-electron chi connectivity index (χ0n) is 7.91. The van der Waals surface area contributed by atoms with E-state index in [1.807, 2.05) is 0 Å². The first-order chi connectivity index (χ1) is 7.66. The number of halogens is 2. The maximum Gasteiger partial charge on any atom is 0.260 e. The van der Waals surface area contributed by atoms with Gasteiger partial charge in [0.25, 0.3) is 5.91 Å². The lowest BCUT2D eigenvalue weighted by molar-refractivity contribution is 0.102. The van der Waals surface area contributed by atoms with Crippen molar-refractivity contribution in [2.45, 2.75) is 0 Å². The molecule has 2 aromatic rings. The van der Waals surface area contributed by atoms with Crippen LogP contribution in [0.15, 0.2) is 39.7 Å². The quantitative estimate of drug-likeness (QED) is 0.866. The summed E-state index contributed by atoms with van der Waals surface area (Å²) in [7, 11) is 0. The molecule has 0 radical (unpaired) electrons. The van der Waals surface area contributed by atoms with Gasteiger partial charge in [-0.05, 0) is 34.1 Å². The highest BCUT2D eigenvalue weighted by molar-refractivity contribution is 9.10. The van der Waals surface area contributed by atoms with Crippen molar-refractivity contribution in [3.8, 4) is 0 Å². The van der Waals surface area contributed by atoms with Gasteiger partial charge in [0, 0.05) is 11.9 Å². The van der Waals surface area contributed by atoms with Gasteiger partial charge in [0.1, 0.15) is 5.15 Å². The van der Waals surface area contributed by atoms with Crippen molar-refractivity contribution in [2.24, 2.45) is 0 Å². The number of rotatable bonds is 2. The van der Waals surface area contributed by atoms with Gasteiger partial charge in [0.15, 0.2) is 4.67 Å². The van der Waals surface area contributed by atoms with Crippen molar-refractivity contribution < 1.29 is 9.21 Å². The van der Waals surface area contributed by atoms with Crippen molar-refractivity contribution in [2.75, 3.05) is 5.32 Å². The van der Waals surface area contributed by atoms with Gasteiger partial charge in [-0.25, -0.2) is 4.98 Å². The summed E-state index contributed by atoms with van der Waals surface area (Å²) in [6.07, 6.45) is 2.95. The second-order valence-corrected chi connectivity index (χ2v) is 4.04. The van der Waals surface area contributed by atoms with Crippen LogP contribution in [0.2, 0.25) is 5.15 Å². The summed E-state index contributed by atoms with van der Waals surface area (Å²) < 4.78 is 5.36. The highest BCUT2D eigenvalue weighted by atomic mass is 79.9. The molecule has 0 saturated heterocycles. The Bertz CT molecular complexity index is 527. The van der Waals surface area contributed by atoms with Crippen LogP contribution in [-0.2, 0) is 0 Å². The van der Waals surface area contributed by atoms with Gasteiger partial charge in [-0.2, -0.15) is 0 Å². The maximum atomic E-state index is 11.7. The number of anilines is 1. The lowest BCUT2D eigenvalue weighted by atomic mass is 10.3. The first-order valence-electron chi connectivity index (χ1n) is 4.33. The molecule has 1 amide bonds. The molecule has 1 N–H and O–H groups in total. The molecule has 0 saturated carbocycles. The molecule has 0 unspecified atom stereocenters. The largest absolute Gasteiger partial charge is 0.457 e. The number of hydrogen-bond acceptors (Lipinski definition) is 3. The smallest absolute Gasteiger partial charge is 0.260 e. The van der Waals surface area contributed by atoms with E-state index in [-0.39, 0.29) is 5.91 Å².